The van der Waals surface area contributed by atoms with E-state index in [4.69, 9.17) is 16.7 Å². The van der Waals surface area contributed by atoms with Gasteiger partial charge in [0.15, 0.2) is 0 Å². The lowest BCUT2D eigenvalue weighted by molar-refractivity contribution is -0.141. The molecule has 0 radical (unpaired) electrons. The van der Waals surface area contributed by atoms with Crippen molar-refractivity contribution in [1.29, 1.82) is 0 Å². The van der Waals surface area contributed by atoms with Crippen LogP contribution in [0.4, 0.5) is 4.39 Å². The molecule has 0 saturated carbocycles. The number of hydrogen-bond donors (Lipinski definition) is 1. The quantitative estimate of drug-likeness (QED) is 0.909. The monoisotopic (exact) mass is 303 g/mol. The molecule has 0 aliphatic carbocycles. The second-order valence-electron chi connectivity index (χ2n) is 4.03. The fourth-order valence-electron chi connectivity index (χ4n) is 1.88. The molecule has 7 heteroatoms. The molecule has 19 heavy (non-hydrogen) atoms. The van der Waals surface area contributed by atoms with Gasteiger partial charge in [0.1, 0.15) is 11.9 Å². The van der Waals surface area contributed by atoms with Crippen LogP contribution < -0.4 is 0 Å². The maximum atomic E-state index is 13.3. The normalized spacial score (nSPS) is 19.3. The first kappa shape index (κ1) is 14.1. The van der Waals surface area contributed by atoms with E-state index in [1.807, 2.05) is 0 Å². The SMILES string of the molecule is O=C(O)C1CSCCN1C(=O)c1cccc(F)c1Cl. The molecule has 1 aromatic carbocycles. The predicted octanol–water partition coefficient (Wildman–Crippen LogP) is 2.12. The molecule has 1 aliphatic rings. The van der Waals surface area contributed by atoms with Gasteiger partial charge < -0.3 is 10.0 Å². The number of nitrogens with zero attached hydrogens (tertiary/aromatic N) is 1. The molecular weight excluding hydrogens is 293 g/mol. The van der Waals surface area contributed by atoms with Gasteiger partial charge in [0, 0.05) is 18.1 Å². The number of thioether (sulfide) groups is 1. The van der Waals surface area contributed by atoms with Gasteiger partial charge in [-0.25, -0.2) is 9.18 Å². The molecule has 1 fully saturated rings. The highest BCUT2D eigenvalue weighted by atomic mass is 35.5. The highest BCUT2D eigenvalue weighted by molar-refractivity contribution is 7.99. The minimum absolute atomic E-state index is 0.000170. The minimum atomic E-state index is -1.06. The van der Waals surface area contributed by atoms with Gasteiger partial charge in [0.05, 0.1) is 10.6 Å². The molecule has 2 rings (SSSR count). The molecule has 1 atom stereocenters. The van der Waals surface area contributed by atoms with Crippen molar-refractivity contribution in [3.05, 3.63) is 34.6 Å². The maximum Gasteiger partial charge on any atom is 0.327 e. The molecule has 1 aliphatic heterocycles. The Morgan fingerprint density at radius 2 is 2.21 bits per heavy atom. The number of carbonyl (C=O) groups is 2. The lowest BCUT2D eigenvalue weighted by Crippen LogP contribution is -2.50. The zero-order valence-corrected chi connectivity index (χ0v) is 11.4. The van der Waals surface area contributed by atoms with E-state index in [2.05, 4.69) is 0 Å². The summed E-state index contributed by atoms with van der Waals surface area (Å²) >= 11 is 7.23. The van der Waals surface area contributed by atoms with Gasteiger partial charge in [-0.15, -0.1) is 0 Å². The van der Waals surface area contributed by atoms with Crippen molar-refractivity contribution in [1.82, 2.24) is 4.90 Å². The zero-order chi connectivity index (χ0) is 14.0. The third-order valence-electron chi connectivity index (χ3n) is 2.86. The van der Waals surface area contributed by atoms with Crippen LogP contribution in [0.2, 0.25) is 5.02 Å². The number of benzene rings is 1. The first-order valence-electron chi connectivity index (χ1n) is 5.58. The van der Waals surface area contributed by atoms with Crippen LogP contribution in [-0.4, -0.2) is 46.0 Å². The van der Waals surface area contributed by atoms with Crippen molar-refractivity contribution in [3.8, 4) is 0 Å². The van der Waals surface area contributed by atoms with E-state index < -0.39 is 23.7 Å². The Labute approximate surface area is 118 Å². The summed E-state index contributed by atoms with van der Waals surface area (Å²) in [5, 5.41) is 8.85. The molecule has 1 saturated heterocycles. The summed E-state index contributed by atoms with van der Waals surface area (Å²) in [7, 11) is 0. The molecule has 0 spiro atoms. The van der Waals surface area contributed by atoms with Gasteiger partial charge in [0.25, 0.3) is 5.91 Å². The molecule has 1 aromatic rings. The van der Waals surface area contributed by atoms with Crippen LogP contribution in [0.25, 0.3) is 0 Å². The van der Waals surface area contributed by atoms with Crippen molar-refractivity contribution < 1.29 is 19.1 Å². The Balaban J connectivity index is 2.31. The first-order valence-corrected chi connectivity index (χ1v) is 7.11. The average molecular weight is 304 g/mol. The van der Waals surface area contributed by atoms with Crippen molar-refractivity contribution in [3.63, 3.8) is 0 Å². The number of rotatable bonds is 2. The summed E-state index contributed by atoms with van der Waals surface area (Å²) in [6, 6.07) is 3.03. The van der Waals surface area contributed by atoms with Gasteiger partial charge in [-0.2, -0.15) is 11.8 Å². The standard InChI is InChI=1S/C12H11ClFNO3S/c13-10-7(2-1-3-8(10)14)11(16)15-4-5-19-6-9(15)12(17)18/h1-3,9H,4-6H2,(H,17,18). The fraction of sp³-hybridized carbons (Fsp3) is 0.333. The third kappa shape index (κ3) is 2.84. The lowest BCUT2D eigenvalue weighted by Gasteiger charge is -2.32. The van der Waals surface area contributed by atoms with Crippen molar-refractivity contribution in [2.24, 2.45) is 0 Å². The van der Waals surface area contributed by atoms with E-state index >= 15 is 0 Å². The van der Waals surface area contributed by atoms with Crippen LogP contribution >= 0.6 is 23.4 Å². The van der Waals surface area contributed by atoms with E-state index in [9.17, 15) is 14.0 Å². The van der Waals surface area contributed by atoms with Gasteiger partial charge in [-0.1, -0.05) is 17.7 Å². The summed E-state index contributed by atoms with van der Waals surface area (Å²) < 4.78 is 13.3. The highest BCUT2D eigenvalue weighted by Crippen LogP contribution is 2.24. The van der Waals surface area contributed by atoms with Crippen LogP contribution in [0.15, 0.2) is 18.2 Å². The number of halogens is 2. The summed E-state index contributed by atoms with van der Waals surface area (Å²) in [5.41, 5.74) is -0.000170. The van der Waals surface area contributed by atoms with Crippen molar-refractivity contribution in [2.75, 3.05) is 18.1 Å². The molecule has 1 N–H and O–H groups in total. The number of carboxylic acids is 1. The van der Waals surface area contributed by atoms with Crippen LogP contribution in [0.1, 0.15) is 10.4 Å². The summed E-state index contributed by atoms with van der Waals surface area (Å²) in [6.07, 6.45) is 0. The van der Waals surface area contributed by atoms with Gasteiger partial charge in [0.2, 0.25) is 0 Å². The van der Waals surface area contributed by atoms with E-state index in [-0.39, 0.29) is 10.6 Å². The van der Waals surface area contributed by atoms with Crippen LogP contribution in [0.5, 0.6) is 0 Å². The first-order chi connectivity index (χ1) is 9.02. The molecule has 4 nitrogen and oxygen atoms in total. The molecule has 1 heterocycles. The zero-order valence-electron chi connectivity index (χ0n) is 9.81. The fourth-order valence-corrected chi connectivity index (χ4v) is 3.12. The average Bonchev–Trinajstić information content (AvgIpc) is 2.41. The second-order valence-corrected chi connectivity index (χ2v) is 5.56. The van der Waals surface area contributed by atoms with Gasteiger partial charge in [-0.3, -0.25) is 4.79 Å². The van der Waals surface area contributed by atoms with Gasteiger partial charge in [-0.05, 0) is 12.1 Å². The molecular formula is C12H11ClFNO3S. The number of aliphatic carboxylic acids is 1. The van der Waals surface area contributed by atoms with Crippen LogP contribution in [0, 0.1) is 5.82 Å². The van der Waals surface area contributed by atoms with Gasteiger partial charge >= 0.3 is 5.97 Å². The largest absolute Gasteiger partial charge is 0.480 e. The Morgan fingerprint density at radius 3 is 2.89 bits per heavy atom. The van der Waals surface area contributed by atoms with Crippen molar-refractivity contribution >= 4 is 35.2 Å². The Hall–Kier alpha value is -1.27. The lowest BCUT2D eigenvalue weighted by atomic mass is 10.1. The molecule has 1 amide bonds. The Bertz CT molecular complexity index is 526. The van der Waals surface area contributed by atoms with E-state index in [1.54, 1.807) is 0 Å². The maximum absolute atomic E-state index is 13.3. The van der Waals surface area contributed by atoms with E-state index in [0.717, 1.165) is 6.07 Å². The number of amides is 1. The Kier molecular flexibility index (Phi) is 4.31. The molecule has 0 bridgehead atoms. The highest BCUT2D eigenvalue weighted by Gasteiger charge is 2.33. The van der Waals surface area contributed by atoms with Crippen molar-refractivity contribution in [2.45, 2.75) is 6.04 Å². The van der Waals surface area contributed by atoms with Crippen LogP contribution in [0.3, 0.4) is 0 Å². The van der Waals surface area contributed by atoms with Crippen LogP contribution in [-0.2, 0) is 4.79 Å². The number of carbonyl (C=O) groups excluding carboxylic acids is 1. The molecule has 1 unspecified atom stereocenters. The summed E-state index contributed by atoms with van der Waals surface area (Å²) in [6.45, 7) is 0.313. The third-order valence-corrected chi connectivity index (χ3v) is 4.26. The molecule has 0 aromatic heterocycles. The Morgan fingerprint density at radius 1 is 1.47 bits per heavy atom. The van der Waals surface area contributed by atoms with E-state index in [0.29, 0.717) is 18.1 Å². The summed E-state index contributed by atoms with van der Waals surface area (Å²) in [5.74, 6) is -1.31. The van der Waals surface area contributed by atoms with E-state index in [1.165, 1.54) is 28.8 Å². The minimum Gasteiger partial charge on any atom is -0.480 e. The second kappa shape index (κ2) is 5.79. The molecule has 102 valence electrons. The topological polar surface area (TPSA) is 57.6 Å². The smallest absolute Gasteiger partial charge is 0.327 e. The number of hydrogen-bond acceptors (Lipinski definition) is 3. The summed E-state index contributed by atoms with van der Waals surface area (Å²) in [4.78, 5) is 24.7. The number of carboxylic acid groups (broad SMARTS) is 1. The predicted molar refractivity (Wildman–Crippen MR) is 71.2 cm³/mol.